The quantitative estimate of drug-likeness (QED) is 0.868. The third-order valence-corrected chi connectivity index (χ3v) is 3.36. The number of imidazole rings is 1. The summed E-state index contributed by atoms with van der Waals surface area (Å²) in [6, 6.07) is 7.19. The van der Waals surface area contributed by atoms with Crippen molar-refractivity contribution in [2.24, 2.45) is 0 Å². The van der Waals surface area contributed by atoms with E-state index in [1.54, 1.807) is 24.7 Å². The fraction of sp³-hybridized carbons (Fsp3) is 0.267. The third kappa shape index (κ3) is 3.08. The van der Waals surface area contributed by atoms with Gasteiger partial charge in [-0.3, -0.25) is 14.5 Å². The molecular weight excluding hydrogens is 284 g/mol. The van der Waals surface area contributed by atoms with Crippen molar-refractivity contribution < 1.29 is 14.3 Å². The standard InChI is InChI=1S/C15H16N4O3/c20-14(17-6-8-18-7-5-16-11-18)9-19-12-3-1-2-4-13(12)22-10-15(19)21/h1-5,7,11H,6,8-10H2,(H,17,20). The number of anilines is 1. The number of fused-ring (bicyclic) bond motifs is 1. The molecule has 0 radical (unpaired) electrons. The zero-order valence-corrected chi connectivity index (χ0v) is 11.9. The molecule has 0 atom stereocenters. The van der Waals surface area contributed by atoms with E-state index in [-0.39, 0.29) is 25.0 Å². The highest BCUT2D eigenvalue weighted by Crippen LogP contribution is 2.30. The number of aromatic nitrogens is 2. The number of amides is 2. The van der Waals surface area contributed by atoms with E-state index in [0.717, 1.165) is 0 Å². The van der Waals surface area contributed by atoms with Gasteiger partial charge in [-0.2, -0.15) is 0 Å². The van der Waals surface area contributed by atoms with Crippen molar-refractivity contribution in [3.63, 3.8) is 0 Å². The Balaban J connectivity index is 1.58. The first-order valence-corrected chi connectivity index (χ1v) is 6.98. The van der Waals surface area contributed by atoms with Crippen LogP contribution in [-0.4, -0.2) is 41.1 Å². The lowest BCUT2D eigenvalue weighted by Gasteiger charge is -2.28. The van der Waals surface area contributed by atoms with Gasteiger partial charge in [0.15, 0.2) is 6.61 Å². The maximum atomic E-state index is 12.0. The molecule has 2 amide bonds. The maximum Gasteiger partial charge on any atom is 0.265 e. The number of carbonyl (C=O) groups is 2. The first-order valence-electron chi connectivity index (χ1n) is 6.98. The van der Waals surface area contributed by atoms with Crippen molar-refractivity contribution in [3.8, 4) is 5.75 Å². The number of nitrogens with one attached hydrogen (secondary N) is 1. The summed E-state index contributed by atoms with van der Waals surface area (Å²) in [5, 5.41) is 2.80. The van der Waals surface area contributed by atoms with Crippen LogP contribution in [0.15, 0.2) is 43.0 Å². The van der Waals surface area contributed by atoms with Crippen LogP contribution in [0.2, 0.25) is 0 Å². The summed E-state index contributed by atoms with van der Waals surface area (Å²) >= 11 is 0. The smallest absolute Gasteiger partial charge is 0.265 e. The molecule has 0 saturated carbocycles. The Morgan fingerprint density at radius 2 is 2.23 bits per heavy atom. The number of ether oxygens (including phenoxy) is 1. The zero-order valence-electron chi connectivity index (χ0n) is 11.9. The molecule has 2 aromatic rings. The number of rotatable bonds is 5. The Bertz CT molecular complexity index is 669. The Morgan fingerprint density at radius 1 is 1.36 bits per heavy atom. The molecule has 1 aromatic carbocycles. The minimum absolute atomic E-state index is 0.0108. The summed E-state index contributed by atoms with van der Waals surface area (Å²) in [6.07, 6.45) is 5.20. The van der Waals surface area contributed by atoms with E-state index >= 15 is 0 Å². The van der Waals surface area contributed by atoms with Crippen LogP contribution in [0.1, 0.15) is 0 Å². The highest BCUT2D eigenvalue weighted by Gasteiger charge is 2.26. The van der Waals surface area contributed by atoms with Crippen molar-refractivity contribution in [2.45, 2.75) is 6.54 Å². The number of hydrogen-bond acceptors (Lipinski definition) is 4. The average Bonchev–Trinajstić information content (AvgIpc) is 3.03. The molecule has 1 N–H and O–H groups in total. The molecule has 1 aliphatic heterocycles. The highest BCUT2D eigenvalue weighted by atomic mass is 16.5. The minimum atomic E-state index is -0.219. The molecule has 0 saturated heterocycles. The predicted octanol–water partition coefficient (Wildman–Crippen LogP) is 0.425. The molecule has 0 aliphatic carbocycles. The first kappa shape index (κ1) is 14.1. The SMILES string of the molecule is O=C(CN1C(=O)COc2ccccc21)NCCn1ccnc1. The van der Waals surface area contributed by atoms with Crippen LogP contribution in [0.3, 0.4) is 0 Å². The van der Waals surface area contributed by atoms with Gasteiger partial charge in [-0.1, -0.05) is 12.1 Å². The molecular formula is C15H16N4O3. The summed E-state index contributed by atoms with van der Waals surface area (Å²) in [7, 11) is 0. The lowest BCUT2D eigenvalue weighted by atomic mass is 10.2. The first-order chi connectivity index (χ1) is 10.7. The van der Waals surface area contributed by atoms with Crippen LogP contribution >= 0.6 is 0 Å². The Morgan fingerprint density at radius 3 is 3.05 bits per heavy atom. The second-order valence-electron chi connectivity index (χ2n) is 4.89. The van der Waals surface area contributed by atoms with Crippen molar-refractivity contribution in [3.05, 3.63) is 43.0 Å². The zero-order chi connectivity index (χ0) is 15.4. The minimum Gasteiger partial charge on any atom is -0.482 e. The van der Waals surface area contributed by atoms with Gasteiger partial charge in [-0.05, 0) is 12.1 Å². The molecule has 0 fully saturated rings. The lowest BCUT2D eigenvalue weighted by Crippen LogP contribution is -2.45. The number of nitrogens with zero attached hydrogens (tertiary/aromatic N) is 3. The molecule has 7 nitrogen and oxygen atoms in total. The van der Waals surface area contributed by atoms with E-state index in [1.807, 2.05) is 22.9 Å². The predicted molar refractivity (Wildman–Crippen MR) is 79.5 cm³/mol. The number of hydrogen-bond donors (Lipinski definition) is 1. The van der Waals surface area contributed by atoms with Crippen molar-refractivity contribution >= 4 is 17.5 Å². The molecule has 0 bridgehead atoms. The lowest BCUT2D eigenvalue weighted by molar-refractivity contribution is -0.125. The molecule has 3 rings (SSSR count). The van der Waals surface area contributed by atoms with Crippen LogP contribution in [-0.2, 0) is 16.1 Å². The monoisotopic (exact) mass is 300 g/mol. The summed E-state index contributed by atoms with van der Waals surface area (Å²) in [6.45, 7) is 1.07. The third-order valence-electron chi connectivity index (χ3n) is 3.36. The number of carbonyl (C=O) groups excluding carboxylic acids is 2. The summed E-state index contributed by atoms with van der Waals surface area (Å²) < 4.78 is 7.21. The van der Waals surface area contributed by atoms with Crippen LogP contribution in [0.25, 0.3) is 0 Å². The average molecular weight is 300 g/mol. The molecule has 114 valence electrons. The van der Waals surface area contributed by atoms with E-state index < -0.39 is 0 Å². The fourth-order valence-corrected chi connectivity index (χ4v) is 2.27. The summed E-state index contributed by atoms with van der Waals surface area (Å²) in [5.74, 6) is 0.196. The second kappa shape index (κ2) is 6.30. The van der Waals surface area contributed by atoms with Gasteiger partial charge >= 0.3 is 0 Å². The van der Waals surface area contributed by atoms with Crippen LogP contribution in [0, 0.1) is 0 Å². The van der Waals surface area contributed by atoms with Gasteiger partial charge in [-0.25, -0.2) is 4.98 Å². The van der Waals surface area contributed by atoms with Crippen molar-refractivity contribution in [1.82, 2.24) is 14.9 Å². The van der Waals surface area contributed by atoms with Gasteiger partial charge in [0.1, 0.15) is 12.3 Å². The molecule has 0 spiro atoms. The van der Waals surface area contributed by atoms with E-state index in [9.17, 15) is 9.59 Å². The van der Waals surface area contributed by atoms with E-state index in [1.165, 1.54) is 4.90 Å². The normalized spacial score (nSPS) is 13.5. The summed E-state index contributed by atoms with van der Waals surface area (Å²) in [5.41, 5.74) is 0.628. The van der Waals surface area contributed by atoms with Gasteiger partial charge in [0.05, 0.1) is 12.0 Å². The number of benzene rings is 1. The van der Waals surface area contributed by atoms with Crippen molar-refractivity contribution in [2.75, 3.05) is 24.6 Å². The molecule has 7 heteroatoms. The van der Waals surface area contributed by atoms with E-state index in [0.29, 0.717) is 24.5 Å². The Kier molecular flexibility index (Phi) is 4.04. The van der Waals surface area contributed by atoms with E-state index in [2.05, 4.69) is 10.3 Å². The molecule has 2 heterocycles. The van der Waals surface area contributed by atoms with Crippen molar-refractivity contribution in [1.29, 1.82) is 0 Å². The summed E-state index contributed by atoms with van der Waals surface area (Å²) in [4.78, 5) is 29.4. The largest absolute Gasteiger partial charge is 0.482 e. The van der Waals surface area contributed by atoms with Gasteiger partial charge < -0.3 is 14.6 Å². The van der Waals surface area contributed by atoms with Gasteiger partial charge in [0.2, 0.25) is 5.91 Å². The second-order valence-corrected chi connectivity index (χ2v) is 4.89. The Hall–Kier alpha value is -2.83. The number of para-hydroxylation sites is 2. The molecule has 22 heavy (non-hydrogen) atoms. The fourth-order valence-electron chi connectivity index (χ4n) is 2.27. The van der Waals surface area contributed by atoms with Crippen LogP contribution < -0.4 is 15.0 Å². The Labute approximate surface area is 127 Å². The van der Waals surface area contributed by atoms with Crippen LogP contribution in [0.4, 0.5) is 5.69 Å². The van der Waals surface area contributed by atoms with Gasteiger partial charge in [0.25, 0.3) is 5.91 Å². The van der Waals surface area contributed by atoms with E-state index in [4.69, 9.17) is 4.74 Å². The molecule has 1 aromatic heterocycles. The van der Waals surface area contributed by atoms with Gasteiger partial charge in [0, 0.05) is 25.5 Å². The molecule has 1 aliphatic rings. The van der Waals surface area contributed by atoms with Gasteiger partial charge in [-0.15, -0.1) is 0 Å². The topological polar surface area (TPSA) is 76.5 Å². The maximum absolute atomic E-state index is 12.0. The molecule has 0 unspecified atom stereocenters. The highest BCUT2D eigenvalue weighted by molar-refractivity contribution is 6.02. The van der Waals surface area contributed by atoms with Crippen LogP contribution in [0.5, 0.6) is 5.75 Å².